The smallest absolute Gasteiger partial charge is 0.336 e. The van der Waals surface area contributed by atoms with Crippen LogP contribution in [0.2, 0.25) is 0 Å². The van der Waals surface area contributed by atoms with Crippen LogP contribution in [0.3, 0.4) is 0 Å². The molecule has 0 saturated carbocycles. The molecule has 2 heteroatoms. The Morgan fingerprint density at radius 1 is 0.548 bits per heavy atom. The molecule has 0 aromatic heterocycles. The van der Waals surface area contributed by atoms with Crippen LogP contribution in [-0.2, 0) is 0 Å². The average Bonchev–Trinajstić information content (AvgIpc) is 3.16. The molecule has 0 spiro atoms. The van der Waals surface area contributed by atoms with Crippen LogP contribution in [-0.4, -0.2) is 11.1 Å². The summed E-state index contributed by atoms with van der Waals surface area (Å²) in [4.78, 5) is 12.5. The summed E-state index contributed by atoms with van der Waals surface area (Å²) in [6, 6.07) is 34.4. The second-order valence-corrected chi connectivity index (χ2v) is 7.84. The number of carbonyl (C=O) groups is 1. The number of carboxylic acids is 1. The van der Waals surface area contributed by atoms with Gasteiger partial charge in [0.15, 0.2) is 0 Å². The van der Waals surface area contributed by atoms with Gasteiger partial charge in [0.05, 0.1) is 5.56 Å². The zero-order valence-corrected chi connectivity index (χ0v) is 16.7. The molecule has 1 aliphatic carbocycles. The molecule has 1 aliphatic rings. The molecule has 0 atom stereocenters. The van der Waals surface area contributed by atoms with E-state index in [1.54, 1.807) is 0 Å². The third kappa shape index (κ3) is 2.55. The van der Waals surface area contributed by atoms with Gasteiger partial charge in [-0.2, -0.15) is 0 Å². The quantitative estimate of drug-likeness (QED) is 0.335. The van der Waals surface area contributed by atoms with Gasteiger partial charge in [-0.05, 0) is 55.8 Å². The number of rotatable bonds is 3. The minimum absolute atomic E-state index is 0.327. The van der Waals surface area contributed by atoms with Crippen molar-refractivity contribution in [2.75, 3.05) is 0 Å². The molecule has 0 fully saturated rings. The van der Waals surface area contributed by atoms with Gasteiger partial charge >= 0.3 is 5.97 Å². The Morgan fingerprint density at radius 2 is 1.13 bits per heavy atom. The van der Waals surface area contributed by atoms with Crippen molar-refractivity contribution < 1.29 is 9.90 Å². The van der Waals surface area contributed by atoms with Gasteiger partial charge in [-0.3, -0.25) is 0 Å². The maximum atomic E-state index is 12.5. The van der Waals surface area contributed by atoms with E-state index in [2.05, 4.69) is 36.4 Å². The van der Waals surface area contributed by atoms with Crippen LogP contribution in [0.5, 0.6) is 0 Å². The van der Waals surface area contributed by atoms with Crippen LogP contribution in [0.1, 0.15) is 10.4 Å². The summed E-state index contributed by atoms with van der Waals surface area (Å²) in [5.74, 6) is -0.915. The zero-order chi connectivity index (χ0) is 20.9. The number of carboxylic acid groups (broad SMARTS) is 1. The monoisotopic (exact) mass is 398 g/mol. The first-order chi connectivity index (χ1) is 15.2. The molecule has 1 N–H and O–H groups in total. The predicted molar refractivity (Wildman–Crippen MR) is 126 cm³/mol. The second-order valence-electron chi connectivity index (χ2n) is 7.84. The Bertz CT molecular complexity index is 1480. The molecule has 0 saturated heterocycles. The van der Waals surface area contributed by atoms with Crippen LogP contribution in [0.4, 0.5) is 0 Å². The molecule has 0 unspecified atom stereocenters. The molecule has 31 heavy (non-hydrogen) atoms. The number of aromatic carboxylic acids is 1. The van der Waals surface area contributed by atoms with Crippen molar-refractivity contribution in [1.29, 1.82) is 0 Å². The highest BCUT2D eigenvalue weighted by Gasteiger charge is 2.30. The Labute approximate surface area is 180 Å². The lowest BCUT2D eigenvalue weighted by Crippen LogP contribution is -2.03. The summed E-state index contributed by atoms with van der Waals surface area (Å²) in [6.45, 7) is 0. The van der Waals surface area contributed by atoms with Crippen molar-refractivity contribution >= 4 is 16.7 Å². The standard InChI is InChI=1S/C29H18O2/c30-29(31)24-17-23(18-9-3-1-4-10-18)27-21-15-7-13-19-14-8-16-22(25(19)21)28(27)26(24)20-11-5-2-6-12-20/h1-17H,(H,30,31). The Hall–Kier alpha value is -4.17. The fourth-order valence-corrected chi connectivity index (χ4v) is 4.91. The summed E-state index contributed by atoms with van der Waals surface area (Å²) < 4.78 is 0. The van der Waals surface area contributed by atoms with Crippen LogP contribution in [0.25, 0.3) is 55.3 Å². The highest BCUT2D eigenvalue weighted by Crippen LogP contribution is 2.55. The summed E-state index contributed by atoms with van der Waals surface area (Å²) in [6.07, 6.45) is 0. The van der Waals surface area contributed by atoms with Gasteiger partial charge in [0, 0.05) is 5.56 Å². The van der Waals surface area contributed by atoms with Gasteiger partial charge in [-0.25, -0.2) is 4.79 Å². The molecule has 2 nitrogen and oxygen atoms in total. The molecular formula is C29H18O2. The molecule has 146 valence electrons. The van der Waals surface area contributed by atoms with E-state index in [4.69, 9.17) is 0 Å². The van der Waals surface area contributed by atoms with E-state index in [0.717, 1.165) is 44.5 Å². The van der Waals surface area contributed by atoms with E-state index < -0.39 is 5.97 Å². The van der Waals surface area contributed by atoms with Gasteiger partial charge in [-0.15, -0.1) is 0 Å². The zero-order valence-electron chi connectivity index (χ0n) is 16.7. The largest absolute Gasteiger partial charge is 0.478 e. The normalized spacial score (nSPS) is 11.5. The van der Waals surface area contributed by atoms with E-state index in [9.17, 15) is 9.90 Å². The number of benzene rings is 5. The summed E-state index contributed by atoms with van der Waals surface area (Å²) in [5.41, 5.74) is 8.39. The first-order valence-electron chi connectivity index (χ1n) is 10.3. The van der Waals surface area contributed by atoms with Gasteiger partial charge < -0.3 is 5.11 Å². The lowest BCUT2D eigenvalue weighted by molar-refractivity contribution is 0.0698. The third-order valence-electron chi connectivity index (χ3n) is 6.15. The molecule has 5 aromatic carbocycles. The number of hydrogen-bond donors (Lipinski definition) is 1. The third-order valence-corrected chi connectivity index (χ3v) is 6.15. The van der Waals surface area contributed by atoms with E-state index in [-0.39, 0.29) is 0 Å². The maximum Gasteiger partial charge on any atom is 0.336 e. The second kappa shape index (κ2) is 6.68. The van der Waals surface area contributed by atoms with Crippen molar-refractivity contribution in [2.45, 2.75) is 0 Å². The van der Waals surface area contributed by atoms with Crippen LogP contribution >= 0.6 is 0 Å². The van der Waals surface area contributed by atoms with Crippen molar-refractivity contribution in [1.82, 2.24) is 0 Å². The van der Waals surface area contributed by atoms with Crippen molar-refractivity contribution in [3.63, 3.8) is 0 Å². The molecule has 6 rings (SSSR count). The lowest BCUT2D eigenvalue weighted by Gasteiger charge is -2.18. The highest BCUT2D eigenvalue weighted by atomic mass is 16.4. The topological polar surface area (TPSA) is 37.3 Å². The molecule has 0 heterocycles. The molecule has 0 bridgehead atoms. The van der Waals surface area contributed by atoms with Crippen molar-refractivity contribution in [3.8, 4) is 44.5 Å². The number of hydrogen-bond acceptors (Lipinski definition) is 1. The van der Waals surface area contributed by atoms with Crippen LogP contribution in [0.15, 0.2) is 103 Å². The van der Waals surface area contributed by atoms with Crippen molar-refractivity contribution in [3.05, 3.63) is 109 Å². The highest BCUT2D eigenvalue weighted by molar-refractivity contribution is 6.23. The fourth-order valence-electron chi connectivity index (χ4n) is 4.91. The maximum absolute atomic E-state index is 12.5. The summed E-state index contributed by atoms with van der Waals surface area (Å²) in [5, 5.41) is 12.6. The molecular weight excluding hydrogens is 380 g/mol. The van der Waals surface area contributed by atoms with E-state index in [1.807, 2.05) is 66.7 Å². The SMILES string of the molecule is O=C(O)c1cc(-c2ccccc2)c2c(c1-c1ccccc1)-c1cccc3cccc-2c13. The van der Waals surface area contributed by atoms with Gasteiger partial charge in [0.2, 0.25) is 0 Å². The molecule has 5 aromatic rings. The van der Waals surface area contributed by atoms with E-state index in [1.165, 1.54) is 10.8 Å². The number of fused-ring (bicyclic) bond motifs is 3. The average molecular weight is 398 g/mol. The van der Waals surface area contributed by atoms with Gasteiger partial charge in [-0.1, -0.05) is 97.1 Å². The minimum Gasteiger partial charge on any atom is -0.478 e. The van der Waals surface area contributed by atoms with Gasteiger partial charge in [0.1, 0.15) is 0 Å². The van der Waals surface area contributed by atoms with Gasteiger partial charge in [0.25, 0.3) is 0 Å². The summed E-state index contributed by atoms with van der Waals surface area (Å²) >= 11 is 0. The fraction of sp³-hybridized carbons (Fsp3) is 0. The van der Waals surface area contributed by atoms with E-state index >= 15 is 0 Å². The Balaban J connectivity index is 1.85. The molecule has 0 amide bonds. The van der Waals surface area contributed by atoms with Crippen LogP contribution < -0.4 is 0 Å². The first-order valence-corrected chi connectivity index (χ1v) is 10.3. The Kier molecular flexibility index (Phi) is 3.81. The predicted octanol–water partition coefficient (Wildman–Crippen LogP) is 7.52. The summed E-state index contributed by atoms with van der Waals surface area (Å²) in [7, 11) is 0. The lowest BCUT2D eigenvalue weighted by atomic mass is 9.84. The van der Waals surface area contributed by atoms with Crippen molar-refractivity contribution in [2.24, 2.45) is 0 Å². The molecule has 0 aliphatic heterocycles. The van der Waals surface area contributed by atoms with E-state index in [0.29, 0.717) is 5.56 Å². The van der Waals surface area contributed by atoms with Crippen LogP contribution in [0, 0.1) is 0 Å². The Morgan fingerprint density at radius 3 is 1.74 bits per heavy atom. The first kappa shape index (κ1) is 17.7. The minimum atomic E-state index is -0.915. The molecule has 0 radical (unpaired) electrons.